The largest absolute Gasteiger partial charge is 0.493 e. The molecule has 3 N–H and O–H groups in total. The van der Waals surface area contributed by atoms with Crippen LogP contribution in [0.25, 0.3) is 0 Å². The molecule has 1 aliphatic rings. The van der Waals surface area contributed by atoms with E-state index in [0.717, 1.165) is 24.8 Å². The van der Waals surface area contributed by atoms with Gasteiger partial charge in [0, 0.05) is 12.6 Å². The van der Waals surface area contributed by atoms with Gasteiger partial charge in [-0.25, -0.2) is 0 Å². The number of allylic oxidation sites excluding steroid dienone is 1. The van der Waals surface area contributed by atoms with Crippen molar-refractivity contribution in [2.24, 2.45) is 11.7 Å². The van der Waals surface area contributed by atoms with Crippen molar-refractivity contribution in [3.8, 4) is 11.5 Å². The molecule has 5 nitrogen and oxygen atoms in total. The second kappa shape index (κ2) is 11.8. The molecular weight excluding hydrogens is 352 g/mol. The minimum absolute atomic E-state index is 0. The van der Waals surface area contributed by atoms with Gasteiger partial charge in [0.25, 0.3) is 5.91 Å². The maximum atomic E-state index is 12.3. The molecular formula is C20H31ClN2O3. The van der Waals surface area contributed by atoms with Crippen molar-refractivity contribution in [3.05, 3.63) is 36.4 Å². The lowest BCUT2D eigenvalue weighted by Crippen LogP contribution is -2.47. The molecule has 0 radical (unpaired) electrons. The zero-order chi connectivity index (χ0) is 18.1. The second-order valence-corrected chi connectivity index (χ2v) is 6.57. The molecule has 1 fully saturated rings. The summed E-state index contributed by atoms with van der Waals surface area (Å²) in [6.07, 6.45) is 8.61. The van der Waals surface area contributed by atoms with Gasteiger partial charge in [-0.15, -0.1) is 19.0 Å². The third-order valence-corrected chi connectivity index (χ3v) is 4.79. The molecule has 0 saturated heterocycles. The number of benzene rings is 1. The first-order chi connectivity index (χ1) is 12.2. The lowest BCUT2D eigenvalue weighted by molar-refractivity contribution is -0.124. The molecule has 0 aliphatic heterocycles. The highest BCUT2D eigenvalue weighted by molar-refractivity contribution is 5.85. The van der Waals surface area contributed by atoms with Crippen LogP contribution < -0.4 is 20.5 Å². The zero-order valence-corrected chi connectivity index (χ0v) is 16.4. The maximum Gasteiger partial charge on any atom is 0.258 e. The number of halogens is 1. The number of rotatable bonds is 9. The van der Waals surface area contributed by atoms with E-state index in [1.54, 1.807) is 7.11 Å². The predicted molar refractivity (Wildman–Crippen MR) is 107 cm³/mol. The number of hydrogen-bond acceptors (Lipinski definition) is 4. The van der Waals surface area contributed by atoms with Crippen LogP contribution in [0.3, 0.4) is 0 Å². The summed E-state index contributed by atoms with van der Waals surface area (Å²) >= 11 is 0. The van der Waals surface area contributed by atoms with E-state index in [0.29, 0.717) is 24.0 Å². The SMILES string of the molecule is C=CCc1ccc(OCC(=O)NC(CN)C2CCCCC2)c(OC)c1.Cl. The van der Waals surface area contributed by atoms with Crippen molar-refractivity contribution < 1.29 is 14.3 Å². The van der Waals surface area contributed by atoms with Gasteiger partial charge in [-0.3, -0.25) is 4.79 Å². The molecule has 1 unspecified atom stereocenters. The van der Waals surface area contributed by atoms with Gasteiger partial charge >= 0.3 is 0 Å². The molecule has 146 valence electrons. The van der Waals surface area contributed by atoms with E-state index < -0.39 is 0 Å². The molecule has 26 heavy (non-hydrogen) atoms. The number of amides is 1. The van der Waals surface area contributed by atoms with Crippen molar-refractivity contribution in [3.63, 3.8) is 0 Å². The van der Waals surface area contributed by atoms with Crippen LogP contribution in [0.2, 0.25) is 0 Å². The Bertz CT molecular complexity index is 574. The Labute approximate surface area is 162 Å². The van der Waals surface area contributed by atoms with E-state index >= 15 is 0 Å². The third-order valence-electron chi connectivity index (χ3n) is 4.79. The Morgan fingerprint density at radius 2 is 2.08 bits per heavy atom. The molecule has 6 heteroatoms. The van der Waals surface area contributed by atoms with Gasteiger partial charge in [0.2, 0.25) is 0 Å². The Morgan fingerprint density at radius 3 is 2.69 bits per heavy atom. The van der Waals surface area contributed by atoms with E-state index in [9.17, 15) is 4.79 Å². The van der Waals surface area contributed by atoms with Gasteiger partial charge < -0.3 is 20.5 Å². The van der Waals surface area contributed by atoms with E-state index in [-0.39, 0.29) is 31.0 Å². The second-order valence-electron chi connectivity index (χ2n) is 6.57. The van der Waals surface area contributed by atoms with Gasteiger partial charge in [0.05, 0.1) is 7.11 Å². The van der Waals surface area contributed by atoms with Crippen LogP contribution in [-0.2, 0) is 11.2 Å². The van der Waals surface area contributed by atoms with Gasteiger partial charge in [0.15, 0.2) is 18.1 Å². The van der Waals surface area contributed by atoms with Crippen molar-refractivity contribution >= 4 is 18.3 Å². The summed E-state index contributed by atoms with van der Waals surface area (Å²) < 4.78 is 11.0. The van der Waals surface area contributed by atoms with Crippen molar-refractivity contribution in [2.75, 3.05) is 20.3 Å². The van der Waals surface area contributed by atoms with E-state index in [1.807, 2.05) is 24.3 Å². The summed E-state index contributed by atoms with van der Waals surface area (Å²) in [6.45, 7) is 4.16. The number of hydrogen-bond donors (Lipinski definition) is 2. The molecule has 2 rings (SSSR count). The van der Waals surface area contributed by atoms with Gasteiger partial charge in [-0.1, -0.05) is 31.4 Å². The molecule has 1 aliphatic carbocycles. The summed E-state index contributed by atoms with van der Waals surface area (Å²) in [5.41, 5.74) is 6.95. The minimum atomic E-state index is -0.141. The van der Waals surface area contributed by atoms with Crippen LogP contribution in [0.4, 0.5) is 0 Å². The Hall–Kier alpha value is -1.72. The number of nitrogens with two attached hydrogens (primary N) is 1. The highest BCUT2D eigenvalue weighted by Gasteiger charge is 2.24. The summed E-state index contributed by atoms with van der Waals surface area (Å²) in [4.78, 5) is 12.3. The summed E-state index contributed by atoms with van der Waals surface area (Å²) in [5.74, 6) is 1.52. The number of nitrogens with one attached hydrogen (secondary N) is 1. The molecule has 0 spiro atoms. The topological polar surface area (TPSA) is 73.6 Å². The minimum Gasteiger partial charge on any atom is -0.493 e. The summed E-state index contributed by atoms with van der Waals surface area (Å²) in [5, 5.41) is 3.03. The quantitative estimate of drug-likeness (QED) is 0.643. The summed E-state index contributed by atoms with van der Waals surface area (Å²) in [6, 6.07) is 5.71. The lowest BCUT2D eigenvalue weighted by atomic mass is 9.84. The fourth-order valence-corrected chi connectivity index (χ4v) is 3.42. The first-order valence-electron chi connectivity index (χ1n) is 9.08. The normalized spacial score (nSPS) is 15.5. The molecule has 1 saturated carbocycles. The van der Waals surface area contributed by atoms with Gasteiger partial charge in [0.1, 0.15) is 0 Å². The summed E-state index contributed by atoms with van der Waals surface area (Å²) in [7, 11) is 1.59. The maximum absolute atomic E-state index is 12.3. The average Bonchev–Trinajstić information content (AvgIpc) is 2.65. The lowest BCUT2D eigenvalue weighted by Gasteiger charge is -2.30. The predicted octanol–water partition coefficient (Wildman–Crippen LogP) is 3.25. The van der Waals surface area contributed by atoms with Gasteiger partial charge in [-0.05, 0) is 42.9 Å². The van der Waals surface area contributed by atoms with Crippen LogP contribution in [0.1, 0.15) is 37.7 Å². The zero-order valence-electron chi connectivity index (χ0n) is 15.5. The van der Waals surface area contributed by atoms with Crippen molar-refractivity contribution in [2.45, 2.75) is 44.6 Å². The monoisotopic (exact) mass is 382 g/mol. The Balaban J connectivity index is 0.00000338. The van der Waals surface area contributed by atoms with Crippen LogP contribution in [-0.4, -0.2) is 32.2 Å². The molecule has 1 aromatic rings. The molecule has 1 atom stereocenters. The molecule has 1 aromatic carbocycles. The highest BCUT2D eigenvalue weighted by atomic mass is 35.5. The van der Waals surface area contributed by atoms with Crippen LogP contribution in [0, 0.1) is 5.92 Å². The standard InChI is InChI=1S/C20H30N2O3.ClH/c1-3-7-15-10-11-18(19(12-15)24-2)25-14-20(23)22-17(13-21)16-8-5-4-6-9-16;/h3,10-12,16-17H,1,4-9,13-14,21H2,2H3,(H,22,23);1H. The number of methoxy groups -OCH3 is 1. The van der Waals surface area contributed by atoms with E-state index in [2.05, 4.69) is 11.9 Å². The van der Waals surface area contributed by atoms with E-state index in [4.69, 9.17) is 15.2 Å². The highest BCUT2D eigenvalue weighted by Crippen LogP contribution is 2.28. The fourth-order valence-electron chi connectivity index (χ4n) is 3.42. The third kappa shape index (κ3) is 6.54. The van der Waals surface area contributed by atoms with Crippen LogP contribution in [0.5, 0.6) is 11.5 Å². The molecule has 0 aromatic heterocycles. The first kappa shape index (κ1) is 22.3. The van der Waals surface area contributed by atoms with Crippen LogP contribution >= 0.6 is 12.4 Å². The van der Waals surface area contributed by atoms with Crippen molar-refractivity contribution in [1.82, 2.24) is 5.32 Å². The smallest absolute Gasteiger partial charge is 0.258 e. The number of ether oxygens (including phenoxy) is 2. The number of carbonyl (C=O) groups is 1. The molecule has 0 bridgehead atoms. The Kier molecular flexibility index (Phi) is 10.1. The van der Waals surface area contributed by atoms with E-state index in [1.165, 1.54) is 19.3 Å². The van der Waals surface area contributed by atoms with Crippen LogP contribution in [0.15, 0.2) is 30.9 Å². The van der Waals surface area contributed by atoms with Crippen molar-refractivity contribution in [1.29, 1.82) is 0 Å². The molecule has 0 heterocycles. The first-order valence-corrected chi connectivity index (χ1v) is 9.08. The molecule has 1 amide bonds. The van der Waals surface area contributed by atoms with Gasteiger partial charge in [-0.2, -0.15) is 0 Å². The average molecular weight is 383 g/mol. The number of carbonyl (C=O) groups excluding carboxylic acids is 1. The fraction of sp³-hybridized carbons (Fsp3) is 0.550. The Morgan fingerprint density at radius 1 is 1.35 bits per heavy atom.